The fraction of sp³-hybridized carbons (Fsp3) is 0.0152. The normalized spacial score (nSPS) is 12.1. The Morgan fingerprint density at radius 3 is 1.59 bits per heavy atom. The van der Waals surface area contributed by atoms with Crippen LogP contribution in [0, 0.1) is 12.3 Å². The maximum atomic E-state index is 6.40. The van der Waals surface area contributed by atoms with Gasteiger partial charge in [0.05, 0.1) is 44.1 Å². The maximum Gasteiger partial charge on any atom is 0.240 e. The zero-order valence-corrected chi connectivity index (χ0v) is 39.6. The van der Waals surface area contributed by atoms with Gasteiger partial charge in [-0.3, -0.25) is 9.13 Å². The van der Waals surface area contributed by atoms with Crippen molar-refractivity contribution in [3.05, 3.63) is 230 Å². The zero-order chi connectivity index (χ0) is 48.3. The first-order chi connectivity index (χ1) is 36.2. The largest absolute Gasteiger partial charge is 0.309 e. The third-order valence-corrected chi connectivity index (χ3v) is 14.8. The summed E-state index contributed by atoms with van der Waals surface area (Å²) in [5, 5.41) is 11.2. The summed E-state index contributed by atoms with van der Waals surface area (Å²) < 4.78 is 9.31. The van der Waals surface area contributed by atoms with Gasteiger partial charge in [0.2, 0.25) is 11.9 Å². The van der Waals surface area contributed by atoms with Crippen LogP contribution in [0.4, 0.5) is 0 Å². The zero-order valence-electron chi connectivity index (χ0n) is 39.6. The molecule has 73 heavy (non-hydrogen) atoms. The lowest BCUT2D eigenvalue weighted by Gasteiger charge is -2.14. The molecule has 0 aliphatic carbocycles. The molecule has 0 unspecified atom stereocenters. The molecule has 15 rings (SSSR count). The average molecular weight is 932 g/mol. The van der Waals surface area contributed by atoms with E-state index in [9.17, 15) is 0 Å². The van der Waals surface area contributed by atoms with Gasteiger partial charge in [-0.2, -0.15) is 15.0 Å². The van der Waals surface area contributed by atoms with Gasteiger partial charge in [-0.25, -0.2) is 0 Å². The lowest BCUT2D eigenvalue weighted by molar-refractivity contribution is 0.893. The molecule has 0 atom stereocenters. The number of fused-ring (bicyclic) bond motifs is 16. The number of rotatable bonds is 6. The monoisotopic (exact) mass is 931 g/mol. The molecule has 7 heteroatoms. The van der Waals surface area contributed by atoms with Crippen molar-refractivity contribution in [3.63, 3.8) is 0 Å². The van der Waals surface area contributed by atoms with Crippen molar-refractivity contribution in [1.82, 2.24) is 33.2 Å². The molecule has 15 aromatic rings. The van der Waals surface area contributed by atoms with Gasteiger partial charge in [0.25, 0.3) is 0 Å². The average Bonchev–Trinajstić information content (AvgIpc) is 4.19. The molecule has 0 aliphatic rings. The summed E-state index contributed by atoms with van der Waals surface area (Å²) in [5.41, 5.74) is 13.1. The van der Waals surface area contributed by atoms with Crippen LogP contribution in [0.5, 0.6) is 0 Å². The minimum absolute atomic E-state index is 0.475. The van der Waals surface area contributed by atoms with E-state index in [1.165, 1.54) is 21.5 Å². The predicted octanol–water partition coefficient (Wildman–Crippen LogP) is 16.1. The molecule has 0 aliphatic heterocycles. The number of terminal acetylenes is 1. The van der Waals surface area contributed by atoms with Gasteiger partial charge >= 0.3 is 0 Å². The highest BCUT2D eigenvalue weighted by molar-refractivity contribution is 6.30. The molecule has 5 heterocycles. The van der Waals surface area contributed by atoms with Crippen LogP contribution in [0.2, 0.25) is 0 Å². The minimum atomic E-state index is 0.475. The Bertz CT molecular complexity index is 4850. The summed E-state index contributed by atoms with van der Waals surface area (Å²) in [7, 11) is 0. The molecule has 0 saturated heterocycles. The van der Waals surface area contributed by atoms with E-state index in [0.29, 0.717) is 17.7 Å². The Labute approximate surface area is 418 Å². The van der Waals surface area contributed by atoms with Gasteiger partial charge in [0.15, 0.2) is 5.82 Å². The van der Waals surface area contributed by atoms with E-state index in [1.807, 2.05) is 25.1 Å². The number of aromatic nitrogens is 7. The SMILES string of the molecule is C#Cc1ccc2c3ccc4c(c5ccc6ccccc6c5n4-c4ccccc4)c3n(-c3nc(-c4ccccc4)nc(-n4c5ccccc5c5c4ccc4c6ccccc6n(-c6ccccc6)c45)n3)c2c1/C=C\C. The van der Waals surface area contributed by atoms with Crippen molar-refractivity contribution in [3.8, 4) is 47.0 Å². The van der Waals surface area contributed by atoms with Crippen molar-refractivity contribution >= 4 is 104 Å². The Balaban J connectivity index is 1.13. The van der Waals surface area contributed by atoms with E-state index in [0.717, 1.165) is 105 Å². The molecule has 0 bridgehead atoms. The highest BCUT2D eigenvalue weighted by Crippen LogP contribution is 2.46. The minimum Gasteiger partial charge on any atom is -0.309 e. The van der Waals surface area contributed by atoms with Crippen LogP contribution in [-0.4, -0.2) is 33.2 Å². The van der Waals surface area contributed by atoms with Crippen molar-refractivity contribution in [1.29, 1.82) is 0 Å². The highest BCUT2D eigenvalue weighted by atomic mass is 15.3. The summed E-state index contributed by atoms with van der Waals surface area (Å²) in [5.74, 6) is 4.55. The third-order valence-electron chi connectivity index (χ3n) is 14.8. The van der Waals surface area contributed by atoms with Gasteiger partial charge < -0.3 is 9.13 Å². The Hall–Kier alpha value is -10.0. The Kier molecular flexibility index (Phi) is 8.80. The maximum absolute atomic E-state index is 6.40. The number of hydrogen-bond donors (Lipinski definition) is 0. The standard InChI is InChI=1S/C66H41N7/c1-3-20-46-41(4-2)33-35-50-51-38-39-56-59(53-36-34-42-21-14-15-28-47(42)61(53)71(56)45-26-12-7-13-27-45)63(51)73(60(46)50)66-68-64(43-22-8-5-9-23-43)67-65(69-66)72-55-32-19-17-30-52(55)58-57(72)40-37-49-48-29-16-18-31-54(48)70(62(49)58)44-24-10-6-11-25-44/h2-3,5-40H,1H3/b20-3-. The molecule has 0 saturated carbocycles. The van der Waals surface area contributed by atoms with Crippen LogP contribution < -0.4 is 0 Å². The van der Waals surface area contributed by atoms with E-state index < -0.39 is 0 Å². The summed E-state index contributed by atoms with van der Waals surface area (Å²) >= 11 is 0. The second-order valence-electron chi connectivity index (χ2n) is 18.6. The van der Waals surface area contributed by atoms with Crippen LogP contribution in [0.15, 0.2) is 218 Å². The summed E-state index contributed by atoms with van der Waals surface area (Å²) in [4.78, 5) is 16.7. The molecule has 7 nitrogen and oxygen atoms in total. The number of para-hydroxylation sites is 4. The molecule has 0 fully saturated rings. The fourth-order valence-electron chi connectivity index (χ4n) is 11.8. The van der Waals surface area contributed by atoms with Crippen LogP contribution in [-0.2, 0) is 0 Å². The molecule has 340 valence electrons. The first-order valence-corrected chi connectivity index (χ1v) is 24.6. The number of allylic oxidation sites excluding steroid dienone is 1. The number of hydrogen-bond acceptors (Lipinski definition) is 3. The van der Waals surface area contributed by atoms with Gasteiger partial charge in [-0.1, -0.05) is 176 Å². The third kappa shape index (κ3) is 5.80. The molecule has 5 aromatic heterocycles. The number of nitrogens with zero attached hydrogens (tertiary/aromatic N) is 7. The second-order valence-corrected chi connectivity index (χ2v) is 18.6. The lowest BCUT2D eigenvalue weighted by atomic mass is 10.0. The molecule has 0 N–H and O–H groups in total. The quantitative estimate of drug-likeness (QED) is 0.156. The molecule has 10 aromatic carbocycles. The molecular weight excluding hydrogens is 891 g/mol. The Morgan fingerprint density at radius 1 is 0.384 bits per heavy atom. The molecular formula is C66H41N7. The van der Waals surface area contributed by atoms with Gasteiger partial charge in [-0.05, 0) is 66.9 Å². The van der Waals surface area contributed by atoms with Crippen LogP contribution in [0.1, 0.15) is 18.1 Å². The summed E-state index contributed by atoms with van der Waals surface area (Å²) in [6.45, 7) is 2.04. The summed E-state index contributed by atoms with van der Waals surface area (Å²) in [6, 6.07) is 75.3. The topological polar surface area (TPSA) is 58.4 Å². The van der Waals surface area contributed by atoms with E-state index >= 15 is 0 Å². The van der Waals surface area contributed by atoms with Crippen molar-refractivity contribution in [2.24, 2.45) is 0 Å². The fourth-order valence-corrected chi connectivity index (χ4v) is 11.8. The smallest absolute Gasteiger partial charge is 0.240 e. The summed E-state index contributed by atoms with van der Waals surface area (Å²) in [6.07, 6.45) is 10.6. The Morgan fingerprint density at radius 2 is 0.890 bits per heavy atom. The van der Waals surface area contributed by atoms with E-state index in [4.69, 9.17) is 21.4 Å². The first-order valence-electron chi connectivity index (χ1n) is 24.6. The lowest BCUT2D eigenvalue weighted by Crippen LogP contribution is -2.11. The van der Waals surface area contributed by atoms with E-state index in [-0.39, 0.29) is 0 Å². The first kappa shape index (κ1) is 40.8. The van der Waals surface area contributed by atoms with Gasteiger partial charge in [-0.15, -0.1) is 6.42 Å². The van der Waals surface area contributed by atoms with Crippen molar-refractivity contribution in [2.75, 3.05) is 0 Å². The van der Waals surface area contributed by atoms with Crippen LogP contribution >= 0.6 is 0 Å². The van der Waals surface area contributed by atoms with Crippen LogP contribution in [0.3, 0.4) is 0 Å². The second kappa shape index (κ2) is 15.7. The predicted molar refractivity (Wildman–Crippen MR) is 303 cm³/mol. The van der Waals surface area contributed by atoms with Crippen molar-refractivity contribution < 1.29 is 0 Å². The van der Waals surface area contributed by atoms with Crippen LogP contribution in [0.25, 0.3) is 139 Å². The van der Waals surface area contributed by atoms with Crippen molar-refractivity contribution in [2.45, 2.75) is 6.92 Å². The number of benzene rings is 10. The van der Waals surface area contributed by atoms with Gasteiger partial charge in [0.1, 0.15) is 0 Å². The van der Waals surface area contributed by atoms with E-state index in [2.05, 4.69) is 230 Å². The van der Waals surface area contributed by atoms with Gasteiger partial charge in [0, 0.05) is 76.5 Å². The molecule has 0 radical (unpaired) electrons. The molecule has 0 spiro atoms. The molecule has 0 amide bonds. The van der Waals surface area contributed by atoms with E-state index in [1.54, 1.807) is 0 Å². The highest BCUT2D eigenvalue weighted by Gasteiger charge is 2.28.